The van der Waals surface area contributed by atoms with Gasteiger partial charge in [-0.3, -0.25) is 19.7 Å². The Morgan fingerprint density at radius 1 is 1.48 bits per heavy atom. The van der Waals surface area contributed by atoms with E-state index in [9.17, 15) is 14.9 Å². The van der Waals surface area contributed by atoms with Crippen molar-refractivity contribution < 1.29 is 24.4 Å². The largest absolute Gasteiger partial charge is 0.483 e. The molecule has 7 nitrogen and oxygen atoms in total. The highest BCUT2D eigenvalue weighted by atomic mass is 35.5. The van der Waals surface area contributed by atoms with E-state index < -0.39 is 16.8 Å². The first-order chi connectivity index (χ1) is 9.88. The molecule has 0 saturated carbocycles. The van der Waals surface area contributed by atoms with Crippen LogP contribution in [0, 0.1) is 10.1 Å². The van der Waals surface area contributed by atoms with Crippen molar-refractivity contribution in [3.05, 3.63) is 38.9 Å². The van der Waals surface area contributed by atoms with Crippen LogP contribution in [0.1, 0.15) is 32.3 Å². The van der Waals surface area contributed by atoms with E-state index in [4.69, 9.17) is 21.5 Å². The third kappa shape index (κ3) is 7.26. The minimum Gasteiger partial charge on any atom is -0.483 e. The molecular formula is C13H18ClNO6. The number of carboxylic acid groups (broad SMARTS) is 1. The van der Waals surface area contributed by atoms with Gasteiger partial charge in [-0.05, 0) is 19.1 Å². The molecule has 0 fully saturated rings. The van der Waals surface area contributed by atoms with Crippen LogP contribution in [-0.4, -0.2) is 29.6 Å². The number of benzene rings is 1. The minimum atomic E-state index is -0.692. The summed E-state index contributed by atoms with van der Waals surface area (Å²) in [7, 11) is 1.24. The lowest BCUT2D eigenvalue weighted by Crippen LogP contribution is -2.12. The number of nitro benzene ring substituents is 1. The predicted octanol–water partition coefficient (Wildman–Crippen LogP) is 3.25. The van der Waals surface area contributed by atoms with Crippen LogP contribution in [-0.2, 0) is 14.3 Å². The molecule has 0 aliphatic carbocycles. The lowest BCUT2D eigenvalue weighted by molar-refractivity contribution is -0.385. The number of esters is 1. The number of hydrogen-bond donors (Lipinski definition) is 1. The molecule has 1 N–H and O–H groups in total. The molecule has 1 unspecified atom stereocenters. The topological polar surface area (TPSA) is 107 Å². The molecule has 0 bridgehead atoms. The molecule has 0 radical (unpaired) electrons. The zero-order valence-electron chi connectivity index (χ0n) is 12.2. The lowest BCUT2D eigenvalue weighted by atomic mass is 9.99. The highest BCUT2D eigenvalue weighted by molar-refractivity contribution is 6.30. The average Bonchev–Trinajstić information content (AvgIpc) is 2.48. The Balaban J connectivity index is 0. The summed E-state index contributed by atoms with van der Waals surface area (Å²) in [6.45, 7) is 5.29. The molecule has 118 valence electrons. The Hall–Kier alpha value is -2.15. The molecule has 1 rings (SSSR count). The van der Waals surface area contributed by atoms with Crippen LogP contribution in [0.3, 0.4) is 0 Å². The molecular weight excluding hydrogens is 302 g/mol. The maximum atomic E-state index is 11.3. The van der Waals surface area contributed by atoms with E-state index in [0.29, 0.717) is 5.56 Å². The number of rotatable bonds is 3. The Bertz CT molecular complexity index is 478. The van der Waals surface area contributed by atoms with Crippen LogP contribution < -0.4 is 0 Å². The van der Waals surface area contributed by atoms with E-state index in [1.807, 2.05) is 13.8 Å². The standard InChI is InChI=1S/C10H10ClNO4.C2H6.CH2O2/c1-6(10(13)16-2)8-4-3-7(11)5-9(8)12(14)15;1-2;2-1-3/h3-6H,1-2H3;1-2H3;1H,(H,2,3). The van der Waals surface area contributed by atoms with Crippen molar-refractivity contribution in [1.29, 1.82) is 0 Å². The van der Waals surface area contributed by atoms with Gasteiger partial charge in [-0.1, -0.05) is 25.4 Å². The van der Waals surface area contributed by atoms with Gasteiger partial charge in [0.15, 0.2) is 0 Å². The second-order valence-electron chi connectivity index (χ2n) is 3.31. The number of carbonyl (C=O) groups is 2. The van der Waals surface area contributed by atoms with Crippen molar-refractivity contribution in [1.82, 2.24) is 0 Å². The van der Waals surface area contributed by atoms with Gasteiger partial charge in [0.2, 0.25) is 0 Å². The Kier molecular flexibility index (Phi) is 11.7. The first-order valence-corrected chi connectivity index (χ1v) is 6.36. The van der Waals surface area contributed by atoms with Gasteiger partial charge in [0.1, 0.15) is 0 Å². The van der Waals surface area contributed by atoms with Gasteiger partial charge >= 0.3 is 5.97 Å². The number of ether oxygens (including phenoxy) is 1. The average molecular weight is 320 g/mol. The fourth-order valence-corrected chi connectivity index (χ4v) is 1.51. The van der Waals surface area contributed by atoms with E-state index in [1.165, 1.54) is 25.3 Å². The van der Waals surface area contributed by atoms with Gasteiger partial charge in [-0.15, -0.1) is 0 Å². The van der Waals surface area contributed by atoms with Gasteiger partial charge in [-0.25, -0.2) is 0 Å². The SMILES string of the molecule is CC.COC(=O)C(C)c1ccc(Cl)cc1[N+](=O)[O-].O=CO. The third-order valence-electron chi connectivity index (χ3n) is 2.21. The number of hydrogen-bond acceptors (Lipinski definition) is 5. The molecule has 0 aliphatic heterocycles. The Labute approximate surface area is 127 Å². The van der Waals surface area contributed by atoms with Gasteiger partial charge in [0, 0.05) is 16.7 Å². The van der Waals surface area contributed by atoms with Crippen molar-refractivity contribution in [2.45, 2.75) is 26.7 Å². The summed E-state index contributed by atoms with van der Waals surface area (Å²) in [5.74, 6) is -1.21. The highest BCUT2D eigenvalue weighted by Crippen LogP contribution is 2.29. The summed E-state index contributed by atoms with van der Waals surface area (Å²) in [5, 5.41) is 17.9. The molecule has 0 aliphatic rings. The quantitative estimate of drug-likeness (QED) is 0.396. The molecule has 0 amide bonds. The van der Waals surface area contributed by atoms with Gasteiger partial charge < -0.3 is 9.84 Å². The van der Waals surface area contributed by atoms with Crippen molar-refractivity contribution in [2.75, 3.05) is 7.11 Å². The Morgan fingerprint density at radius 3 is 2.33 bits per heavy atom. The van der Waals surface area contributed by atoms with Crippen molar-refractivity contribution >= 4 is 29.7 Å². The van der Waals surface area contributed by atoms with Crippen LogP contribution >= 0.6 is 11.6 Å². The van der Waals surface area contributed by atoms with Crippen molar-refractivity contribution in [3.63, 3.8) is 0 Å². The molecule has 0 spiro atoms. The molecule has 0 aromatic heterocycles. The zero-order chi connectivity index (χ0) is 17.0. The first kappa shape index (κ1) is 21.2. The maximum absolute atomic E-state index is 11.3. The molecule has 1 aromatic carbocycles. The molecule has 1 aromatic rings. The summed E-state index contributed by atoms with van der Waals surface area (Å²) in [5.41, 5.74) is 0.117. The minimum absolute atomic E-state index is 0.176. The van der Waals surface area contributed by atoms with Gasteiger partial charge in [-0.2, -0.15) is 0 Å². The molecule has 1 atom stereocenters. The van der Waals surface area contributed by atoms with Gasteiger partial charge in [0.05, 0.1) is 18.0 Å². The zero-order valence-corrected chi connectivity index (χ0v) is 13.0. The van der Waals surface area contributed by atoms with E-state index in [1.54, 1.807) is 6.92 Å². The first-order valence-electron chi connectivity index (χ1n) is 5.98. The molecule has 8 heteroatoms. The fourth-order valence-electron chi connectivity index (χ4n) is 1.34. The molecule has 21 heavy (non-hydrogen) atoms. The summed E-state index contributed by atoms with van der Waals surface area (Å²) in [6, 6.07) is 4.18. The molecule has 0 saturated heterocycles. The van der Waals surface area contributed by atoms with Crippen molar-refractivity contribution in [3.8, 4) is 0 Å². The van der Waals surface area contributed by atoms with Crippen LogP contribution in [0.25, 0.3) is 0 Å². The van der Waals surface area contributed by atoms with E-state index in [-0.39, 0.29) is 17.2 Å². The third-order valence-corrected chi connectivity index (χ3v) is 2.45. The second kappa shape index (κ2) is 11.7. The highest BCUT2D eigenvalue weighted by Gasteiger charge is 2.24. The predicted molar refractivity (Wildman–Crippen MR) is 78.6 cm³/mol. The maximum Gasteiger partial charge on any atom is 0.313 e. The fraction of sp³-hybridized carbons (Fsp3) is 0.385. The van der Waals surface area contributed by atoms with Crippen molar-refractivity contribution in [2.24, 2.45) is 0 Å². The number of nitro groups is 1. The lowest BCUT2D eigenvalue weighted by Gasteiger charge is -2.09. The van der Waals surface area contributed by atoms with E-state index >= 15 is 0 Å². The second-order valence-corrected chi connectivity index (χ2v) is 3.75. The van der Waals surface area contributed by atoms with E-state index in [2.05, 4.69) is 4.74 Å². The van der Waals surface area contributed by atoms with E-state index in [0.717, 1.165) is 0 Å². The Morgan fingerprint density at radius 2 is 1.95 bits per heavy atom. The number of methoxy groups -OCH3 is 1. The van der Waals surface area contributed by atoms with Crippen LogP contribution in [0.2, 0.25) is 5.02 Å². The number of nitrogens with zero attached hydrogens (tertiary/aromatic N) is 1. The normalized spacial score (nSPS) is 9.95. The van der Waals surface area contributed by atoms with Gasteiger partial charge in [0.25, 0.3) is 12.2 Å². The monoisotopic (exact) mass is 319 g/mol. The number of halogens is 1. The smallest absolute Gasteiger partial charge is 0.313 e. The van der Waals surface area contributed by atoms with Crippen LogP contribution in [0.15, 0.2) is 18.2 Å². The van der Waals surface area contributed by atoms with Crippen LogP contribution in [0.5, 0.6) is 0 Å². The summed E-state index contributed by atoms with van der Waals surface area (Å²) in [4.78, 5) is 29.9. The van der Waals surface area contributed by atoms with Crippen LogP contribution in [0.4, 0.5) is 5.69 Å². The summed E-state index contributed by atoms with van der Waals surface area (Å²) < 4.78 is 4.54. The number of carbonyl (C=O) groups excluding carboxylic acids is 1. The summed E-state index contributed by atoms with van der Waals surface area (Å²) >= 11 is 5.66. The molecule has 0 heterocycles. The summed E-state index contributed by atoms with van der Waals surface area (Å²) in [6.07, 6.45) is 0.